The molecule has 1 fully saturated rings. The number of hydrogen-bond acceptors (Lipinski definition) is 6. The van der Waals surface area contributed by atoms with Gasteiger partial charge in [0.2, 0.25) is 5.91 Å². The van der Waals surface area contributed by atoms with Gasteiger partial charge in [0.05, 0.1) is 15.5 Å². The molecule has 3 rings (SSSR count). The summed E-state index contributed by atoms with van der Waals surface area (Å²) in [5, 5.41) is 17.2. The number of nitrogens with zero attached hydrogens (tertiary/aromatic N) is 2. The highest BCUT2D eigenvalue weighted by molar-refractivity contribution is 7.92. The number of nitrogens with one attached hydrogen (secondary N) is 2. The quantitative estimate of drug-likeness (QED) is 0.338. The minimum Gasteiger partial charge on any atom is -0.378 e. The average molecular weight is 433 g/mol. The molecule has 0 radical (unpaired) electrons. The van der Waals surface area contributed by atoms with Crippen molar-refractivity contribution < 1.29 is 18.1 Å². The van der Waals surface area contributed by atoms with Crippen LogP contribution < -0.4 is 14.9 Å². The van der Waals surface area contributed by atoms with Crippen molar-refractivity contribution in [3.05, 3.63) is 58.6 Å². The van der Waals surface area contributed by atoms with E-state index in [1.807, 2.05) is 0 Å². The molecule has 0 saturated heterocycles. The maximum absolute atomic E-state index is 13.1. The molecule has 10 heteroatoms. The Balaban J connectivity index is 1.77. The largest absolute Gasteiger partial charge is 0.378 e. The van der Waals surface area contributed by atoms with Gasteiger partial charge in [-0.2, -0.15) is 0 Å². The Morgan fingerprint density at radius 1 is 1.17 bits per heavy atom. The lowest BCUT2D eigenvalue weighted by Gasteiger charge is -2.23. The molecule has 0 aromatic heterocycles. The predicted octanol–water partition coefficient (Wildman–Crippen LogP) is 2.75. The van der Waals surface area contributed by atoms with Gasteiger partial charge in [-0.3, -0.25) is 19.2 Å². The number of anilines is 2. The monoisotopic (exact) mass is 432 g/mol. The molecule has 2 N–H and O–H groups in total. The van der Waals surface area contributed by atoms with Crippen LogP contribution in [-0.2, 0) is 14.8 Å². The second-order valence-electron chi connectivity index (χ2n) is 6.93. The summed E-state index contributed by atoms with van der Waals surface area (Å²) in [5.74, 6) is 0.0864. The summed E-state index contributed by atoms with van der Waals surface area (Å²) >= 11 is 0. The van der Waals surface area contributed by atoms with Crippen molar-refractivity contribution in [1.29, 1.82) is 0 Å². The van der Waals surface area contributed by atoms with E-state index in [4.69, 9.17) is 0 Å². The van der Waals surface area contributed by atoms with Gasteiger partial charge < -0.3 is 10.6 Å². The minimum absolute atomic E-state index is 0.00619. The topological polar surface area (TPSA) is 122 Å². The number of benzene rings is 2. The van der Waals surface area contributed by atoms with Crippen molar-refractivity contribution in [3.63, 3.8) is 0 Å². The van der Waals surface area contributed by atoms with Crippen LogP contribution in [-0.4, -0.2) is 38.9 Å². The highest BCUT2D eigenvalue weighted by Gasteiger charge is 2.29. The Morgan fingerprint density at radius 2 is 1.87 bits per heavy atom. The Hall–Kier alpha value is -3.14. The predicted molar refractivity (Wildman–Crippen MR) is 114 cm³/mol. The van der Waals surface area contributed by atoms with Gasteiger partial charge in [0.1, 0.15) is 5.69 Å². The van der Waals surface area contributed by atoms with E-state index >= 15 is 0 Å². The van der Waals surface area contributed by atoms with Crippen molar-refractivity contribution in [1.82, 2.24) is 5.32 Å². The lowest BCUT2D eigenvalue weighted by Crippen LogP contribution is -2.31. The van der Waals surface area contributed by atoms with E-state index in [9.17, 15) is 23.3 Å². The first kappa shape index (κ1) is 21.6. The number of amides is 1. The van der Waals surface area contributed by atoms with Crippen LogP contribution in [0.5, 0.6) is 0 Å². The number of sulfonamides is 1. The van der Waals surface area contributed by atoms with Gasteiger partial charge in [0.15, 0.2) is 0 Å². The lowest BCUT2D eigenvalue weighted by molar-refractivity contribution is -0.384. The van der Waals surface area contributed by atoms with Gasteiger partial charge >= 0.3 is 0 Å². The van der Waals surface area contributed by atoms with Crippen LogP contribution in [0.2, 0.25) is 0 Å². The van der Waals surface area contributed by atoms with Crippen molar-refractivity contribution in [2.45, 2.75) is 24.7 Å². The second kappa shape index (κ2) is 9.12. The van der Waals surface area contributed by atoms with Crippen molar-refractivity contribution >= 4 is 33.0 Å². The third-order valence-corrected chi connectivity index (χ3v) is 6.67. The molecule has 160 valence electrons. The van der Waals surface area contributed by atoms with Crippen LogP contribution >= 0.6 is 0 Å². The van der Waals surface area contributed by atoms with Gasteiger partial charge in [0, 0.05) is 31.6 Å². The van der Waals surface area contributed by atoms with Gasteiger partial charge in [-0.05, 0) is 44.0 Å². The first-order chi connectivity index (χ1) is 14.3. The summed E-state index contributed by atoms with van der Waals surface area (Å²) in [6.45, 7) is 2.49. The lowest BCUT2D eigenvalue weighted by atomic mass is 10.2. The highest BCUT2D eigenvalue weighted by atomic mass is 32.2. The van der Waals surface area contributed by atoms with Crippen molar-refractivity contribution in [3.8, 4) is 0 Å². The standard InChI is InChI=1S/C20H24N4O5S/c1-2-23(16-6-4-3-5-7-16)30(28,29)17-10-11-18(19(14-17)24(26)27)21-12-13-22-20(25)15-8-9-15/h3-7,10-11,14-15,21H,2,8-9,12-13H2,1H3,(H,22,25). The number of hydrogen-bond donors (Lipinski definition) is 2. The minimum atomic E-state index is -3.97. The van der Waals surface area contributed by atoms with Gasteiger partial charge in [-0.1, -0.05) is 18.2 Å². The number of nitro benzene ring substituents is 1. The molecule has 1 aliphatic carbocycles. The fourth-order valence-corrected chi connectivity index (χ4v) is 4.55. The highest BCUT2D eigenvalue weighted by Crippen LogP contribution is 2.31. The fraction of sp³-hybridized carbons (Fsp3) is 0.350. The Morgan fingerprint density at radius 3 is 2.47 bits per heavy atom. The maximum Gasteiger partial charge on any atom is 0.293 e. The SMILES string of the molecule is CCN(c1ccccc1)S(=O)(=O)c1ccc(NCCNC(=O)C2CC2)c([N+](=O)[O-])c1. The second-order valence-corrected chi connectivity index (χ2v) is 8.80. The van der Waals surface area contributed by atoms with E-state index in [2.05, 4.69) is 10.6 Å². The van der Waals surface area contributed by atoms with Gasteiger partial charge in [-0.25, -0.2) is 8.42 Å². The zero-order chi connectivity index (χ0) is 21.7. The van der Waals surface area contributed by atoms with Crippen LogP contribution in [0, 0.1) is 16.0 Å². The van der Waals surface area contributed by atoms with Crippen LogP contribution in [0.25, 0.3) is 0 Å². The molecule has 2 aromatic rings. The molecular formula is C20H24N4O5S. The number of nitro groups is 1. The van der Waals surface area contributed by atoms with E-state index in [1.165, 1.54) is 16.4 Å². The first-order valence-electron chi connectivity index (χ1n) is 9.72. The first-order valence-corrected chi connectivity index (χ1v) is 11.2. The molecule has 30 heavy (non-hydrogen) atoms. The Kier molecular flexibility index (Phi) is 6.56. The molecule has 2 aromatic carbocycles. The Bertz CT molecular complexity index is 1020. The maximum atomic E-state index is 13.1. The fourth-order valence-electron chi connectivity index (χ4n) is 3.06. The number of para-hydroxylation sites is 1. The average Bonchev–Trinajstić information content (AvgIpc) is 3.57. The van der Waals surface area contributed by atoms with E-state index in [-0.39, 0.29) is 41.2 Å². The third kappa shape index (κ3) is 4.88. The number of rotatable bonds is 10. The van der Waals surface area contributed by atoms with Crippen LogP contribution in [0.4, 0.5) is 17.1 Å². The van der Waals surface area contributed by atoms with E-state index in [1.54, 1.807) is 37.3 Å². The Labute approximate surface area is 175 Å². The molecule has 1 amide bonds. The number of carbonyl (C=O) groups is 1. The van der Waals surface area contributed by atoms with E-state index in [0.29, 0.717) is 12.2 Å². The molecule has 0 atom stereocenters. The molecular weight excluding hydrogens is 408 g/mol. The molecule has 1 aliphatic rings. The summed E-state index contributed by atoms with van der Waals surface area (Å²) in [6.07, 6.45) is 1.80. The summed E-state index contributed by atoms with van der Waals surface area (Å²) in [5.41, 5.74) is 0.340. The molecule has 0 heterocycles. The number of carbonyl (C=O) groups excluding carboxylic acids is 1. The summed E-state index contributed by atoms with van der Waals surface area (Å²) in [6, 6.07) is 12.4. The molecule has 0 unspecified atom stereocenters. The molecule has 0 spiro atoms. The van der Waals surface area contributed by atoms with Gasteiger partial charge in [0.25, 0.3) is 15.7 Å². The van der Waals surface area contributed by atoms with Crippen LogP contribution in [0.3, 0.4) is 0 Å². The zero-order valence-electron chi connectivity index (χ0n) is 16.6. The van der Waals surface area contributed by atoms with Crippen LogP contribution in [0.1, 0.15) is 19.8 Å². The molecule has 9 nitrogen and oxygen atoms in total. The summed E-state index contributed by atoms with van der Waals surface area (Å²) in [4.78, 5) is 22.4. The van der Waals surface area contributed by atoms with Crippen LogP contribution in [0.15, 0.2) is 53.4 Å². The molecule has 1 saturated carbocycles. The zero-order valence-corrected chi connectivity index (χ0v) is 17.4. The van der Waals surface area contributed by atoms with Crippen molar-refractivity contribution in [2.24, 2.45) is 5.92 Å². The molecule has 0 bridgehead atoms. The third-order valence-electron chi connectivity index (χ3n) is 4.77. The summed E-state index contributed by atoms with van der Waals surface area (Å²) in [7, 11) is -3.97. The summed E-state index contributed by atoms with van der Waals surface area (Å²) < 4.78 is 27.4. The normalized spacial score (nSPS) is 13.5. The molecule has 0 aliphatic heterocycles. The van der Waals surface area contributed by atoms with Crippen molar-refractivity contribution in [2.75, 3.05) is 29.3 Å². The smallest absolute Gasteiger partial charge is 0.293 e. The van der Waals surface area contributed by atoms with E-state index in [0.717, 1.165) is 18.9 Å². The van der Waals surface area contributed by atoms with Gasteiger partial charge in [-0.15, -0.1) is 0 Å². The van der Waals surface area contributed by atoms with E-state index < -0.39 is 14.9 Å².